The Bertz CT molecular complexity index is 1040. The van der Waals surface area contributed by atoms with Crippen LogP contribution >= 0.6 is 0 Å². The fourth-order valence-electron chi connectivity index (χ4n) is 4.27. The first-order valence-electron chi connectivity index (χ1n) is 12.0. The Morgan fingerprint density at radius 2 is 1.34 bits per heavy atom. The Hall–Kier alpha value is -2.87. The van der Waals surface area contributed by atoms with Crippen molar-refractivity contribution in [2.24, 2.45) is 0 Å². The van der Waals surface area contributed by atoms with E-state index in [2.05, 4.69) is 76.2 Å². The molecular formula is C30H36O2. The molecule has 0 heterocycles. The molecule has 0 saturated carbocycles. The van der Waals surface area contributed by atoms with Gasteiger partial charge in [0.1, 0.15) is 5.75 Å². The van der Waals surface area contributed by atoms with Gasteiger partial charge in [-0.25, -0.2) is 0 Å². The molecule has 0 saturated heterocycles. The van der Waals surface area contributed by atoms with Crippen molar-refractivity contribution in [2.45, 2.75) is 72.6 Å². The minimum absolute atomic E-state index is 0.169. The number of carbonyl (C=O) groups is 1. The molecule has 2 nitrogen and oxygen atoms in total. The van der Waals surface area contributed by atoms with Gasteiger partial charge in [-0.05, 0) is 61.4 Å². The number of hydrogen-bond donors (Lipinski definition) is 1. The van der Waals surface area contributed by atoms with E-state index in [-0.39, 0.29) is 11.5 Å². The van der Waals surface area contributed by atoms with Gasteiger partial charge in [0, 0.05) is 17.5 Å². The van der Waals surface area contributed by atoms with Gasteiger partial charge in [-0.15, -0.1) is 0 Å². The highest BCUT2D eigenvalue weighted by atomic mass is 16.3. The number of phenols is 1. The molecule has 0 aliphatic carbocycles. The first kappa shape index (κ1) is 23.8. The van der Waals surface area contributed by atoms with Crippen molar-refractivity contribution in [2.75, 3.05) is 0 Å². The van der Waals surface area contributed by atoms with Crippen molar-refractivity contribution in [3.8, 4) is 28.0 Å². The number of carbonyl (C=O) groups excluding carboxylic acids is 1. The second-order valence-corrected chi connectivity index (χ2v) is 8.89. The van der Waals surface area contributed by atoms with Crippen molar-refractivity contribution in [1.29, 1.82) is 0 Å². The van der Waals surface area contributed by atoms with E-state index in [9.17, 15) is 9.90 Å². The summed E-state index contributed by atoms with van der Waals surface area (Å²) in [6.07, 6.45) is 6.32. The Kier molecular flexibility index (Phi) is 8.27. The molecular weight excluding hydrogens is 392 g/mol. The summed E-state index contributed by atoms with van der Waals surface area (Å²) >= 11 is 0. The standard InChI is InChI=1S/C30H36O2/c1-5-7-9-11-27(31)30-26(23-16-12-21(3)13-17-23)20-28(32)25(10-8-6-2)29(30)24-18-14-22(4)15-19-24/h12-20,32H,5-11H2,1-4H3. The number of aromatic hydroxyl groups is 1. The van der Waals surface area contributed by atoms with E-state index in [1.54, 1.807) is 0 Å². The smallest absolute Gasteiger partial charge is 0.164 e. The molecule has 0 aliphatic heterocycles. The highest BCUT2D eigenvalue weighted by Crippen LogP contribution is 2.42. The van der Waals surface area contributed by atoms with Gasteiger partial charge in [-0.1, -0.05) is 92.8 Å². The maximum absolute atomic E-state index is 13.7. The normalized spacial score (nSPS) is 11.0. The molecule has 0 bridgehead atoms. The van der Waals surface area contributed by atoms with Crippen molar-refractivity contribution in [3.05, 3.63) is 76.9 Å². The van der Waals surface area contributed by atoms with Crippen LogP contribution in [0, 0.1) is 13.8 Å². The molecule has 0 aromatic heterocycles. The van der Waals surface area contributed by atoms with Crippen LogP contribution in [0.4, 0.5) is 0 Å². The van der Waals surface area contributed by atoms with Crippen molar-refractivity contribution >= 4 is 5.78 Å². The summed E-state index contributed by atoms with van der Waals surface area (Å²) in [4.78, 5) is 13.7. The monoisotopic (exact) mass is 428 g/mol. The second-order valence-electron chi connectivity index (χ2n) is 8.89. The second kappa shape index (κ2) is 11.1. The van der Waals surface area contributed by atoms with Gasteiger partial charge < -0.3 is 5.11 Å². The number of ketones is 1. The minimum atomic E-state index is 0.169. The summed E-state index contributed by atoms with van der Waals surface area (Å²) in [5.74, 6) is 0.456. The third kappa shape index (κ3) is 5.48. The summed E-state index contributed by atoms with van der Waals surface area (Å²) in [5, 5.41) is 11.1. The predicted octanol–water partition coefficient (Wildman–Crippen LogP) is 8.45. The molecule has 0 aliphatic rings. The topological polar surface area (TPSA) is 37.3 Å². The molecule has 1 N–H and O–H groups in total. The number of aryl methyl sites for hydroxylation is 2. The van der Waals surface area contributed by atoms with Crippen LogP contribution in [0.3, 0.4) is 0 Å². The third-order valence-electron chi connectivity index (χ3n) is 6.18. The molecule has 0 spiro atoms. The Morgan fingerprint density at radius 1 is 0.781 bits per heavy atom. The Labute approximate surface area is 193 Å². The molecule has 3 rings (SSSR count). The summed E-state index contributed by atoms with van der Waals surface area (Å²) < 4.78 is 0. The average Bonchev–Trinajstić information content (AvgIpc) is 2.79. The molecule has 32 heavy (non-hydrogen) atoms. The summed E-state index contributed by atoms with van der Waals surface area (Å²) in [6, 6.07) is 18.4. The SMILES string of the molecule is CCCCCC(=O)c1c(-c2ccc(C)cc2)cc(O)c(CCCC)c1-c1ccc(C)cc1. The van der Waals surface area contributed by atoms with Crippen molar-refractivity contribution in [1.82, 2.24) is 0 Å². The molecule has 2 heteroatoms. The van der Waals surface area contributed by atoms with Crippen LogP contribution in [-0.4, -0.2) is 10.9 Å². The maximum atomic E-state index is 13.7. The summed E-state index contributed by atoms with van der Waals surface area (Å²) in [6.45, 7) is 8.44. The quantitative estimate of drug-likeness (QED) is 0.260. The zero-order valence-electron chi connectivity index (χ0n) is 20.0. The van der Waals surface area contributed by atoms with Gasteiger partial charge >= 0.3 is 0 Å². The zero-order chi connectivity index (χ0) is 23.1. The highest BCUT2D eigenvalue weighted by molar-refractivity contribution is 6.09. The van der Waals surface area contributed by atoms with E-state index in [4.69, 9.17) is 0 Å². The Balaban J connectivity index is 2.30. The van der Waals surface area contributed by atoms with Crippen LogP contribution in [0.15, 0.2) is 54.6 Å². The molecule has 0 amide bonds. The van der Waals surface area contributed by atoms with Gasteiger partial charge in [0.05, 0.1) is 0 Å². The highest BCUT2D eigenvalue weighted by Gasteiger charge is 2.24. The number of rotatable bonds is 10. The fraction of sp³-hybridized carbons (Fsp3) is 0.367. The zero-order valence-corrected chi connectivity index (χ0v) is 20.0. The van der Waals surface area contributed by atoms with Gasteiger partial charge in [-0.2, -0.15) is 0 Å². The van der Waals surface area contributed by atoms with Crippen molar-refractivity contribution in [3.63, 3.8) is 0 Å². The summed E-state index contributed by atoms with van der Waals surface area (Å²) in [7, 11) is 0. The third-order valence-corrected chi connectivity index (χ3v) is 6.18. The van der Waals surface area contributed by atoms with E-state index >= 15 is 0 Å². The van der Waals surface area contributed by atoms with Gasteiger partial charge in [-0.3, -0.25) is 4.79 Å². The number of Topliss-reactive ketones (excluding diaryl/α,β-unsaturated/α-hetero) is 1. The molecule has 3 aromatic carbocycles. The van der Waals surface area contributed by atoms with Gasteiger partial charge in [0.25, 0.3) is 0 Å². The number of benzene rings is 3. The van der Waals surface area contributed by atoms with E-state index in [1.807, 2.05) is 6.07 Å². The summed E-state index contributed by atoms with van der Waals surface area (Å²) in [5.41, 5.74) is 7.73. The maximum Gasteiger partial charge on any atom is 0.164 e. The van der Waals surface area contributed by atoms with Crippen LogP contribution in [0.2, 0.25) is 0 Å². The molecule has 3 aromatic rings. The van der Waals surface area contributed by atoms with Crippen LogP contribution in [0.25, 0.3) is 22.3 Å². The molecule has 168 valence electrons. The van der Waals surface area contributed by atoms with E-state index in [0.29, 0.717) is 6.42 Å². The average molecular weight is 429 g/mol. The number of hydrogen-bond acceptors (Lipinski definition) is 2. The fourth-order valence-corrected chi connectivity index (χ4v) is 4.27. The minimum Gasteiger partial charge on any atom is -0.508 e. The van der Waals surface area contributed by atoms with Crippen LogP contribution in [0.5, 0.6) is 5.75 Å². The van der Waals surface area contributed by atoms with Gasteiger partial charge in [0.15, 0.2) is 5.78 Å². The largest absolute Gasteiger partial charge is 0.508 e. The van der Waals surface area contributed by atoms with E-state index < -0.39 is 0 Å². The number of unbranched alkanes of at least 4 members (excludes halogenated alkanes) is 3. The van der Waals surface area contributed by atoms with Crippen LogP contribution < -0.4 is 0 Å². The predicted molar refractivity (Wildman–Crippen MR) is 136 cm³/mol. The lowest BCUT2D eigenvalue weighted by Gasteiger charge is -2.21. The van der Waals surface area contributed by atoms with Crippen LogP contribution in [0.1, 0.15) is 79.4 Å². The van der Waals surface area contributed by atoms with E-state index in [1.165, 1.54) is 11.1 Å². The lowest BCUT2D eigenvalue weighted by atomic mass is 9.83. The lowest BCUT2D eigenvalue weighted by molar-refractivity contribution is 0.0980. The van der Waals surface area contributed by atoms with Crippen LogP contribution in [-0.2, 0) is 6.42 Å². The number of phenolic OH excluding ortho intramolecular Hbond substituents is 1. The first-order valence-corrected chi connectivity index (χ1v) is 12.0. The molecule has 0 fully saturated rings. The first-order chi connectivity index (χ1) is 15.5. The molecule has 0 unspecified atom stereocenters. The lowest BCUT2D eigenvalue weighted by Crippen LogP contribution is -2.08. The van der Waals surface area contributed by atoms with Crippen molar-refractivity contribution < 1.29 is 9.90 Å². The molecule has 0 radical (unpaired) electrons. The van der Waals surface area contributed by atoms with Gasteiger partial charge in [0.2, 0.25) is 0 Å². The molecule has 0 atom stereocenters. The van der Waals surface area contributed by atoms with E-state index in [0.717, 1.165) is 71.9 Å². The Morgan fingerprint density at radius 3 is 1.91 bits per heavy atom.